The molecule has 4 rings (SSSR count). The molecule has 0 atom stereocenters. The third kappa shape index (κ3) is 4.04. The predicted molar refractivity (Wildman–Crippen MR) is 98.2 cm³/mol. The summed E-state index contributed by atoms with van der Waals surface area (Å²) in [7, 11) is 0. The quantitative estimate of drug-likeness (QED) is 0.361. The minimum absolute atomic E-state index is 0.0331. The molecule has 0 saturated heterocycles. The standard InChI is InChI=1S/C17H12FN7O5/c18-12-3-1-10(2-4-12)17-21-23-24(22-17)8-16(26)20-19-7-11-5-14-15(30-9-29-14)6-13(11)25(27)28/h1-7H,8-9H2,(H,20,26)/b19-7-. The van der Waals surface area contributed by atoms with Gasteiger partial charge in [0.15, 0.2) is 11.5 Å². The van der Waals surface area contributed by atoms with Crippen LogP contribution in [0.5, 0.6) is 11.5 Å². The molecule has 30 heavy (non-hydrogen) atoms. The number of amides is 1. The number of carbonyl (C=O) groups is 1. The molecule has 2 heterocycles. The average molecular weight is 413 g/mol. The van der Waals surface area contributed by atoms with Crippen molar-refractivity contribution < 1.29 is 23.6 Å². The summed E-state index contributed by atoms with van der Waals surface area (Å²) in [6.07, 6.45) is 1.12. The van der Waals surface area contributed by atoms with E-state index in [1.54, 1.807) is 0 Å². The molecule has 13 heteroatoms. The fourth-order valence-electron chi connectivity index (χ4n) is 2.57. The van der Waals surface area contributed by atoms with E-state index in [2.05, 4.69) is 25.9 Å². The van der Waals surface area contributed by atoms with E-state index in [4.69, 9.17) is 9.47 Å². The van der Waals surface area contributed by atoms with Crippen LogP contribution in [0.25, 0.3) is 11.4 Å². The monoisotopic (exact) mass is 413 g/mol. The highest BCUT2D eigenvalue weighted by molar-refractivity contribution is 5.88. The van der Waals surface area contributed by atoms with Crippen molar-refractivity contribution in [3.63, 3.8) is 0 Å². The molecule has 1 N–H and O–H groups in total. The smallest absolute Gasteiger partial charge is 0.282 e. The summed E-state index contributed by atoms with van der Waals surface area (Å²) in [5, 5.41) is 26.5. The largest absolute Gasteiger partial charge is 0.454 e. The number of nitrogens with one attached hydrogen (secondary N) is 1. The second-order valence-corrected chi connectivity index (χ2v) is 5.96. The van der Waals surface area contributed by atoms with Gasteiger partial charge in [-0.2, -0.15) is 9.90 Å². The van der Waals surface area contributed by atoms with Gasteiger partial charge in [-0.25, -0.2) is 9.82 Å². The van der Waals surface area contributed by atoms with Crippen LogP contribution in [0.1, 0.15) is 5.56 Å². The minimum Gasteiger partial charge on any atom is -0.454 e. The number of fused-ring (bicyclic) bond motifs is 1. The van der Waals surface area contributed by atoms with E-state index in [-0.39, 0.29) is 36.2 Å². The molecular formula is C17H12FN7O5. The maximum Gasteiger partial charge on any atom is 0.282 e. The maximum absolute atomic E-state index is 13.0. The molecule has 0 fully saturated rings. The summed E-state index contributed by atoms with van der Waals surface area (Å²) < 4.78 is 23.3. The average Bonchev–Trinajstić information content (AvgIpc) is 3.37. The summed E-state index contributed by atoms with van der Waals surface area (Å²) in [4.78, 5) is 23.7. The van der Waals surface area contributed by atoms with Crippen LogP contribution in [0.15, 0.2) is 41.5 Å². The van der Waals surface area contributed by atoms with E-state index in [1.165, 1.54) is 36.4 Å². The van der Waals surface area contributed by atoms with Crippen LogP contribution < -0.4 is 14.9 Å². The molecular weight excluding hydrogens is 401 g/mol. The Labute approximate surface area is 167 Å². The molecule has 0 unspecified atom stereocenters. The van der Waals surface area contributed by atoms with Gasteiger partial charge in [-0.3, -0.25) is 14.9 Å². The van der Waals surface area contributed by atoms with Crippen molar-refractivity contribution >= 4 is 17.8 Å². The van der Waals surface area contributed by atoms with Crippen LogP contribution in [-0.2, 0) is 11.3 Å². The molecule has 0 aliphatic carbocycles. The Hall–Kier alpha value is -4.42. The highest BCUT2D eigenvalue weighted by Crippen LogP contribution is 2.37. The zero-order chi connectivity index (χ0) is 21.1. The Bertz CT molecular complexity index is 1150. The van der Waals surface area contributed by atoms with Gasteiger partial charge in [-0.15, -0.1) is 10.2 Å². The Morgan fingerprint density at radius 3 is 2.77 bits per heavy atom. The van der Waals surface area contributed by atoms with Crippen molar-refractivity contribution in [2.45, 2.75) is 6.54 Å². The fourth-order valence-corrected chi connectivity index (χ4v) is 2.57. The zero-order valence-electron chi connectivity index (χ0n) is 15.1. The second-order valence-electron chi connectivity index (χ2n) is 5.96. The van der Waals surface area contributed by atoms with E-state index >= 15 is 0 Å². The topological polar surface area (TPSA) is 147 Å². The zero-order valence-corrected chi connectivity index (χ0v) is 15.1. The molecule has 0 bridgehead atoms. The molecule has 3 aromatic rings. The van der Waals surface area contributed by atoms with Crippen LogP contribution in [0, 0.1) is 15.9 Å². The van der Waals surface area contributed by atoms with Crippen LogP contribution in [0.4, 0.5) is 10.1 Å². The number of nitro groups is 1. The number of hydrogen-bond donors (Lipinski definition) is 1. The van der Waals surface area contributed by atoms with E-state index in [0.29, 0.717) is 11.3 Å². The summed E-state index contributed by atoms with van der Waals surface area (Å²) in [6.45, 7) is -0.330. The van der Waals surface area contributed by atoms with E-state index in [1.807, 2.05) is 0 Å². The number of benzene rings is 2. The third-order valence-electron chi connectivity index (χ3n) is 3.95. The molecule has 1 aromatic heterocycles. The number of ether oxygens (including phenoxy) is 2. The van der Waals surface area contributed by atoms with Crippen molar-refractivity contribution in [1.29, 1.82) is 0 Å². The first kappa shape index (κ1) is 18.9. The van der Waals surface area contributed by atoms with Gasteiger partial charge in [0, 0.05) is 5.56 Å². The fraction of sp³-hybridized carbons (Fsp3) is 0.118. The van der Waals surface area contributed by atoms with Gasteiger partial charge in [-0.1, -0.05) is 0 Å². The number of rotatable bonds is 6. The lowest BCUT2D eigenvalue weighted by molar-refractivity contribution is -0.385. The van der Waals surface area contributed by atoms with Crippen molar-refractivity contribution in [3.05, 3.63) is 57.9 Å². The summed E-state index contributed by atoms with van der Waals surface area (Å²) in [6, 6.07) is 8.10. The van der Waals surface area contributed by atoms with Gasteiger partial charge in [0.1, 0.15) is 12.4 Å². The highest BCUT2D eigenvalue weighted by atomic mass is 19.1. The molecule has 1 aliphatic rings. The van der Waals surface area contributed by atoms with Crippen LogP contribution in [0.3, 0.4) is 0 Å². The number of hydrazone groups is 1. The molecule has 152 valence electrons. The number of aromatic nitrogens is 4. The van der Waals surface area contributed by atoms with Crippen LogP contribution in [0.2, 0.25) is 0 Å². The predicted octanol–water partition coefficient (Wildman–Crippen LogP) is 1.27. The van der Waals surface area contributed by atoms with Crippen molar-refractivity contribution in [1.82, 2.24) is 25.6 Å². The minimum atomic E-state index is -0.596. The highest BCUT2D eigenvalue weighted by Gasteiger charge is 2.22. The Morgan fingerprint density at radius 2 is 2.03 bits per heavy atom. The molecule has 0 saturated carbocycles. The van der Waals surface area contributed by atoms with E-state index in [9.17, 15) is 19.3 Å². The number of carbonyl (C=O) groups excluding carboxylic acids is 1. The second kappa shape index (κ2) is 7.90. The van der Waals surface area contributed by atoms with Crippen LogP contribution in [-0.4, -0.2) is 44.0 Å². The lowest BCUT2D eigenvalue weighted by Gasteiger charge is -2.01. The van der Waals surface area contributed by atoms with Gasteiger partial charge >= 0.3 is 0 Å². The first-order chi connectivity index (χ1) is 14.5. The summed E-state index contributed by atoms with van der Waals surface area (Å²) in [5.41, 5.74) is 2.64. The van der Waals surface area contributed by atoms with Crippen molar-refractivity contribution in [2.24, 2.45) is 5.10 Å². The Morgan fingerprint density at radius 1 is 1.30 bits per heavy atom. The van der Waals surface area contributed by atoms with Gasteiger partial charge in [0.25, 0.3) is 11.6 Å². The van der Waals surface area contributed by atoms with E-state index < -0.39 is 16.6 Å². The van der Waals surface area contributed by atoms with Crippen molar-refractivity contribution in [2.75, 3.05) is 6.79 Å². The number of nitrogens with zero attached hydrogens (tertiary/aromatic N) is 6. The first-order valence-corrected chi connectivity index (χ1v) is 8.43. The first-order valence-electron chi connectivity index (χ1n) is 8.43. The molecule has 2 aromatic carbocycles. The Kier molecular flexibility index (Phi) is 4.99. The molecule has 0 radical (unpaired) electrons. The number of hydrogen-bond acceptors (Lipinski definition) is 9. The van der Waals surface area contributed by atoms with E-state index in [0.717, 1.165) is 11.0 Å². The summed E-state index contributed by atoms with van der Waals surface area (Å²) in [5.74, 6) is -0.156. The number of tetrazole rings is 1. The van der Waals surface area contributed by atoms with Crippen molar-refractivity contribution in [3.8, 4) is 22.9 Å². The Balaban J connectivity index is 1.40. The van der Waals surface area contributed by atoms with Gasteiger partial charge in [0.2, 0.25) is 12.6 Å². The molecule has 12 nitrogen and oxygen atoms in total. The van der Waals surface area contributed by atoms with Gasteiger partial charge in [-0.05, 0) is 35.5 Å². The third-order valence-corrected chi connectivity index (χ3v) is 3.95. The molecule has 1 amide bonds. The summed E-state index contributed by atoms with van der Waals surface area (Å²) >= 11 is 0. The maximum atomic E-state index is 13.0. The van der Waals surface area contributed by atoms with Crippen LogP contribution >= 0.6 is 0 Å². The van der Waals surface area contributed by atoms with Gasteiger partial charge in [0.05, 0.1) is 22.8 Å². The SMILES string of the molecule is O=C(Cn1nnc(-c2ccc(F)cc2)n1)N/N=C\c1cc2c(cc1[N+](=O)[O-])OCO2. The lowest BCUT2D eigenvalue weighted by Crippen LogP contribution is -2.24. The van der Waals surface area contributed by atoms with Gasteiger partial charge < -0.3 is 9.47 Å². The number of halogens is 1. The molecule has 1 aliphatic heterocycles. The normalized spacial score (nSPS) is 12.3. The molecule has 0 spiro atoms. The number of nitro benzene ring substituents is 1. The lowest BCUT2D eigenvalue weighted by atomic mass is 10.1.